The largest absolute Gasteiger partial charge is 0.0723 e. The zero-order chi connectivity index (χ0) is 37.7. The Bertz CT molecular complexity index is 1760. The molecule has 4 aromatic carbocycles. The van der Waals surface area contributed by atoms with Crippen molar-refractivity contribution < 1.29 is 0 Å². The number of benzene rings is 4. The van der Waals surface area contributed by atoms with Crippen molar-refractivity contribution in [1.82, 2.24) is 0 Å². The predicted molar refractivity (Wildman–Crippen MR) is 230 cm³/mol. The van der Waals surface area contributed by atoms with Crippen molar-refractivity contribution in [3.8, 4) is 11.1 Å². The summed E-state index contributed by atoms with van der Waals surface area (Å²) in [5, 5.41) is 0. The van der Waals surface area contributed by atoms with Crippen molar-refractivity contribution >= 4 is 0 Å². The van der Waals surface area contributed by atoms with Gasteiger partial charge in [0.2, 0.25) is 0 Å². The van der Waals surface area contributed by atoms with Gasteiger partial charge in [-0.25, -0.2) is 0 Å². The highest BCUT2D eigenvalue weighted by Crippen LogP contribution is 2.60. The minimum atomic E-state index is -0.403. The number of hydrogen-bond donors (Lipinski definition) is 0. The quantitative estimate of drug-likeness (QED) is 0.136. The van der Waals surface area contributed by atoms with E-state index in [-0.39, 0.29) is 10.8 Å². The van der Waals surface area contributed by atoms with Crippen LogP contribution in [-0.2, 0) is 16.2 Å². The van der Waals surface area contributed by atoms with Gasteiger partial charge in [-0.05, 0) is 180 Å². The number of fused-ring (bicyclic) bond motifs is 3. The molecule has 0 spiro atoms. The Morgan fingerprint density at radius 2 is 0.792 bits per heavy atom. The van der Waals surface area contributed by atoms with E-state index in [9.17, 15) is 0 Å². The molecule has 0 heterocycles. The molecular formula is C53H70. The fraction of sp³-hybridized carbons (Fsp3) is 0.547. The number of hydrogen-bond acceptors (Lipinski definition) is 0. The third-order valence-electron chi connectivity index (χ3n) is 15.7. The van der Waals surface area contributed by atoms with Crippen molar-refractivity contribution in [2.24, 2.45) is 0 Å². The summed E-state index contributed by atoms with van der Waals surface area (Å²) in [4.78, 5) is 0. The van der Waals surface area contributed by atoms with Crippen LogP contribution in [0.5, 0.6) is 0 Å². The first-order chi connectivity index (χ1) is 25.4. The van der Waals surface area contributed by atoms with Crippen molar-refractivity contribution in [1.29, 1.82) is 0 Å². The van der Waals surface area contributed by atoms with Crippen molar-refractivity contribution in [2.45, 2.75) is 187 Å². The summed E-state index contributed by atoms with van der Waals surface area (Å²) in [5.41, 5.74) is 20.9. The Kier molecular flexibility index (Phi) is 10.7. The summed E-state index contributed by atoms with van der Waals surface area (Å²) in [6.45, 7) is 24.4. The standard InChI is InChI=1S/C53H70/c1-11-51(9,12-2)43-25-27-45-46-28-26-44(52(10,13-3)14-4)34-48(46)53(47(45)33-43,49-35(5)29-41(30-36(49)6)39-21-17-15-18-22-39)50-37(7)31-42(32-38(50)8)40-23-19-16-20-24-40/h25-34,39-40H,11-24H2,1-10H3. The van der Waals surface area contributed by atoms with Gasteiger partial charge < -0.3 is 0 Å². The molecule has 282 valence electrons. The summed E-state index contributed by atoms with van der Waals surface area (Å²) in [6.07, 6.45) is 18.2. The summed E-state index contributed by atoms with van der Waals surface area (Å²) in [5.74, 6) is 1.38. The first kappa shape index (κ1) is 38.2. The summed E-state index contributed by atoms with van der Waals surface area (Å²) < 4.78 is 0. The zero-order valence-electron chi connectivity index (χ0n) is 35.3. The second-order valence-electron chi connectivity index (χ2n) is 18.5. The molecule has 0 nitrogen and oxygen atoms in total. The van der Waals surface area contributed by atoms with Crippen molar-refractivity contribution in [2.75, 3.05) is 0 Å². The van der Waals surface area contributed by atoms with Crippen LogP contribution >= 0.6 is 0 Å². The summed E-state index contributed by atoms with van der Waals surface area (Å²) >= 11 is 0. The van der Waals surface area contributed by atoms with E-state index in [4.69, 9.17) is 0 Å². The minimum Gasteiger partial charge on any atom is -0.0645 e. The second kappa shape index (κ2) is 14.8. The monoisotopic (exact) mass is 707 g/mol. The lowest BCUT2D eigenvalue weighted by Crippen LogP contribution is -2.34. The van der Waals surface area contributed by atoms with E-state index in [1.54, 1.807) is 11.1 Å². The highest BCUT2D eigenvalue weighted by Gasteiger charge is 2.50. The third-order valence-corrected chi connectivity index (χ3v) is 15.7. The average Bonchev–Trinajstić information content (AvgIpc) is 3.46. The van der Waals surface area contributed by atoms with Gasteiger partial charge in [-0.2, -0.15) is 0 Å². The molecule has 3 aliphatic rings. The molecule has 2 fully saturated rings. The van der Waals surface area contributed by atoms with Gasteiger partial charge in [-0.15, -0.1) is 0 Å². The molecule has 0 N–H and O–H groups in total. The van der Waals surface area contributed by atoms with Crippen LogP contribution in [0.15, 0.2) is 60.7 Å². The molecule has 4 aromatic rings. The fourth-order valence-corrected chi connectivity index (χ4v) is 11.6. The minimum absolute atomic E-state index is 0.132. The lowest BCUT2D eigenvalue weighted by atomic mass is 9.61. The maximum atomic E-state index is 2.70. The maximum Gasteiger partial charge on any atom is 0.0723 e. The van der Waals surface area contributed by atoms with Crippen LogP contribution in [-0.4, -0.2) is 0 Å². The third kappa shape index (κ3) is 6.27. The van der Waals surface area contributed by atoms with E-state index in [1.807, 2.05) is 0 Å². The molecule has 53 heavy (non-hydrogen) atoms. The van der Waals surface area contributed by atoms with Crippen LogP contribution in [0, 0.1) is 27.7 Å². The number of rotatable bonds is 10. The maximum absolute atomic E-state index is 2.70. The summed E-state index contributed by atoms with van der Waals surface area (Å²) in [7, 11) is 0. The van der Waals surface area contributed by atoms with E-state index < -0.39 is 5.41 Å². The second-order valence-corrected chi connectivity index (χ2v) is 18.5. The normalized spacial score (nSPS) is 17.9. The van der Waals surface area contributed by atoms with Gasteiger partial charge in [-0.1, -0.05) is 141 Å². The predicted octanol–water partition coefficient (Wildman–Crippen LogP) is 15.5. The smallest absolute Gasteiger partial charge is 0.0645 e. The lowest BCUT2D eigenvalue weighted by Gasteiger charge is -2.41. The van der Waals surface area contributed by atoms with Gasteiger partial charge in [-0.3, -0.25) is 0 Å². The van der Waals surface area contributed by atoms with Crippen LogP contribution in [0.2, 0.25) is 0 Å². The average molecular weight is 707 g/mol. The summed E-state index contributed by atoms with van der Waals surface area (Å²) in [6, 6.07) is 26.0. The van der Waals surface area contributed by atoms with Gasteiger partial charge in [0, 0.05) is 0 Å². The van der Waals surface area contributed by atoms with Crippen LogP contribution in [0.25, 0.3) is 11.1 Å². The highest BCUT2D eigenvalue weighted by atomic mass is 14.5. The Morgan fingerprint density at radius 3 is 1.09 bits per heavy atom. The lowest BCUT2D eigenvalue weighted by molar-refractivity contribution is 0.437. The van der Waals surface area contributed by atoms with Crippen LogP contribution < -0.4 is 0 Å². The molecule has 3 aliphatic carbocycles. The Hall–Kier alpha value is -3.12. The van der Waals surface area contributed by atoms with Gasteiger partial charge in [0.1, 0.15) is 0 Å². The van der Waals surface area contributed by atoms with E-state index >= 15 is 0 Å². The fourth-order valence-electron chi connectivity index (χ4n) is 11.6. The molecular weight excluding hydrogens is 637 g/mol. The first-order valence-corrected chi connectivity index (χ1v) is 22.0. The molecule has 0 amide bonds. The van der Waals surface area contributed by atoms with Crippen LogP contribution in [0.4, 0.5) is 0 Å². The Morgan fingerprint density at radius 1 is 0.472 bits per heavy atom. The Balaban J connectivity index is 1.62. The molecule has 0 radical (unpaired) electrons. The SMILES string of the molecule is CCC(C)(CC)c1ccc2c(c1)C(c1c(C)cc(C3CCCCC3)cc1C)(c1c(C)cc(C3CCCCC3)cc1C)c1cc(C(C)(CC)CC)ccc1-2. The van der Waals surface area contributed by atoms with Crippen molar-refractivity contribution in [3.63, 3.8) is 0 Å². The van der Waals surface area contributed by atoms with E-state index in [0.29, 0.717) is 11.8 Å². The Labute approximate surface area is 324 Å². The van der Waals surface area contributed by atoms with E-state index in [1.165, 1.54) is 131 Å². The van der Waals surface area contributed by atoms with Gasteiger partial charge >= 0.3 is 0 Å². The molecule has 0 atom stereocenters. The molecule has 0 bridgehead atoms. The molecule has 0 aliphatic heterocycles. The molecule has 0 saturated heterocycles. The van der Waals surface area contributed by atoms with E-state index in [2.05, 4.69) is 130 Å². The van der Waals surface area contributed by atoms with Gasteiger partial charge in [0.15, 0.2) is 0 Å². The first-order valence-electron chi connectivity index (χ1n) is 22.0. The topological polar surface area (TPSA) is 0 Å². The molecule has 0 aromatic heterocycles. The van der Waals surface area contributed by atoms with Crippen molar-refractivity contribution in [3.05, 3.63) is 127 Å². The molecule has 7 rings (SSSR count). The number of aryl methyl sites for hydroxylation is 4. The van der Waals surface area contributed by atoms with Gasteiger partial charge in [0.05, 0.1) is 5.41 Å². The zero-order valence-corrected chi connectivity index (χ0v) is 35.3. The highest BCUT2D eigenvalue weighted by molar-refractivity contribution is 5.88. The van der Waals surface area contributed by atoms with Gasteiger partial charge in [0.25, 0.3) is 0 Å². The molecule has 0 heteroatoms. The van der Waals surface area contributed by atoms with Crippen LogP contribution in [0.1, 0.15) is 210 Å². The van der Waals surface area contributed by atoms with Crippen LogP contribution in [0.3, 0.4) is 0 Å². The van der Waals surface area contributed by atoms with E-state index in [0.717, 1.165) is 25.7 Å². The molecule has 2 saturated carbocycles. The molecule has 0 unspecified atom stereocenters.